The van der Waals surface area contributed by atoms with E-state index in [0.717, 1.165) is 5.56 Å². The number of nitrogens with one attached hydrogen (secondary N) is 2. The van der Waals surface area contributed by atoms with Crippen LogP contribution in [0.2, 0.25) is 0 Å². The van der Waals surface area contributed by atoms with Crippen LogP contribution < -0.4 is 10.9 Å². The standard InChI is InChI=1S/C14H16N4O3/c1-9-12(14(21)18-16-9)6-7-13(20)17-15-8-10-2-4-11(19)5-3-10/h2-5,8,12,19H,6-7H2,1H3,(H,17,20)(H,18,21)/b15-8-/t12-/m0/s1. The number of carbonyl (C=O) groups excluding carboxylic acids is 2. The van der Waals surface area contributed by atoms with Crippen molar-refractivity contribution in [1.29, 1.82) is 0 Å². The molecule has 1 heterocycles. The Kier molecular flexibility index (Phi) is 4.65. The van der Waals surface area contributed by atoms with Gasteiger partial charge in [0, 0.05) is 12.1 Å². The number of amides is 2. The van der Waals surface area contributed by atoms with E-state index in [1.54, 1.807) is 19.1 Å². The Bertz CT molecular complexity index is 593. The zero-order chi connectivity index (χ0) is 15.2. The Balaban J connectivity index is 1.76. The zero-order valence-electron chi connectivity index (χ0n) is 11.5. The molecule has 0 bridgehead atoms. The van der Waals surface area contributed by atoms with Crippen LogP contribution in [0, 0.1) is 5.92 Å². The molecular weight excluding hydrogens is 272 g/mol. The molecule has 1 aliphatic rings. The predicted octanol–water partition coefficient (Wildman–Crippen LogP) is 0.744. The number of benzene rings is 1. The van der Waals surface area contributed by atoms with Gasteiger partial charge in [-0.05, 0) is 43.2 Å². The maximum Gasteiger partial charge on any atom is 0.248 e. The third-order valence-corrected chi connectivity index (χ3v) is 3.12. The molecular formula is C14H16N4O3. The van der Waals surface area contributed by atoms with Gasteiger partial charge < -0.3 is 5.11 Å². The third kappa shape index (κ3) is 4.13. The van der Waals surface area contributed by atoms with Gasteiger partial charge in [0.2, 0.25) is 11.8 Å². The second-order valence-corrected chi connectivity index (χ2v) is 4.71. The summed E-state index contributed by atoms with van der Waals surface area (Å²) in [6, 6.07) is 6.41. The largest absolute Gasteiger partial charge is 0.508 e. The van der Waals surface area contributed by atoms with Crippen LogP contribution in [0.1, 0.15) is 25.3 Å². The molecule has 2 rings (SSSR count). The SMILES string of the molecule is CC1=NNC(=O)[C@H]1CCC(=O)N/N=C\c1ccc(O)cc1. The minimum Gasteiger partial charge on any atom is -0.508 e. The number of nitrogens with zero attached hydrogens (tertiary/aromatic N) is 2. The van der Waals surface area contributed by atoms with Crippen molar-refractivity contribution in [3.05, 3.63) is 29.8 Å². The van der Waals surface area contributed by atoms with Crippen molar-refractivity contribution in [2.75, 3.05) is 0 Å². The minimum absolute atomic E-state index is 0.169. The molecule has 1 aromatic rings. The molecule has 0 saturated heterocycles. The highest BCUT2D eigenvalue weighted by Crippen LogP contribution is 2.13. The molecule has 1 aromatic carbocycles. The molecule has 0 aliphatic carbocycles. The summed E-state index contributed by atoms with van der Waals surface area (Å²) in [5, 5.41) is 16.8. The van der Waals surface area contributed by atoms with Gasteiger partial charge in [-0.3, -0.25) is 9.59 Å². The van der Waals surface area contributed by atoms with Crippen molar-refractivity contribution in [3.63, 3.8) is 0 Å². The number of phenolic OH excluding ortho intramolecular Hbond substituents is 1. The number of hydrazone groups is 2. The van der Waals surface area contributed by atoms with Gasteiger partial charge in [-0.15, -0.1) is 0 Å². The summed E-state index contributed by atoms with van der Waals surface area (Å²) < 4.78 is 0. The summed E-state index contributed by atoms with van der Waals surface area (Å²) in [6.45, 7) is 1.75. The number of hydrogen-bond acceptors (Lipinski definition) is 5. The average Bonchev–Trinajstić information content (AvgIpc) is 2.78. The number of carbonyl (C=O) groups is 2. The molecule has 0 unspecified atom stereocenters. The van der Waals surface area contributed by atoms with Crippen molar-refractivity contribution in [1.82, 2.24) is 10.9 Å². The topological polar surface area (TPSA) is 103 Å². The highest BCUT2D eigenvalue weighted by Gasteiger charge is 2.26. The van der Waals surface area contributed by atoms with Gasteiger partial charge in [-0.1, -0.05) is 0 Å². The lowest BCUT2D eigenvalue weighted by Gasteiger charge is -2.06. The first-order chi connectivity index (χ1) is 10.1. The van der Waals surface area contributed by atoms with Crippen molar-refractivity contribution in [2.45, 2.75) is 19.8 Å². The quantitative estimate of drug-likeness (QED) is 0.550. The van der Waals surface area contributed by atoms with E-state index in [1.165, 1.54) is 18.3 Å². The Labute approximate surface area is 121 Å². The molecule has 1 aliphatic heterocycles. The van der Waals surface area contributed by atoms with Crippen LogP contribution in [0.15, 0.2) is 34.5 Å². The molecule has 2 amide bonds. The van der Waals surface area contributed by atoms with Crippen LogP contribution in [-0.4, -0.2) is 28.8 Å². The molecule has 110 valence electrons. The monoisotopic (exact) mass is 288 g/mol. The fraction of sp³-hybridized carbons (Fsp3) is 0.286. The Morgan fingerprint density at radius 2 is 2.19 bits per heavy atom. The first-order valence-electron chi connectivity index (χ1n) is 6.51. The van der Waals surface area contributed by atoms with Crippen molar-refractivity contribution in [3.8, 4) is 5.75 Å². The molecule has 0 spiro atoms. The summed E-state index contributed by atoms with van der Waals surface area (Å²) in [5.41, 5.74) is 6.23. The lowest BCUT2D eigenvalue weighted by atomic mass is 9.99. The van der Waals surface area contributed by atoms with E-state index in [4.69, 9.17) is 5.11 Å². The van der Waals surface area contributed by atoms with Gasteiger partial charge in [-0.2, -0.15) is 10.2 Å². The highest BCUT2D eigenvalue weighted by atomic mass is 16.3. The van der Waals surface area contributed by atoms with Gasteiger partial charge in [0.15, 0.2) is 0 Å². The third-order valence-electron chi connectivity index (χ3n) is 3.12. The molecule has 0 fully saturated rings. The summed E-state index contributed by atoms with van der Waals surface area (Å²) in [5.74, 6) is -0.606. The first kappa shape index (κ1) is 14.7. The lowest BCUT2D eigenvalue weighted by molar-refractivity contribution is -0.123. The van der Waals surface area contributed by atoms with Crippen molar-refractivity contribution >= 4 is 23.7 Å². The maximum atomic E-state index is 11.6. The van der Waals surface area contributed by atoms with Crippen LogP contribution in [0.4, 0.5) is 0 Å². The van der Waals surface area contributed by atoms with E-state index in [2.05, 4.69) is 21.1 Å². The van der Waals surface area contributed by atoms with Gasteiger partial charge in [-0.25, -0.2) is 10.9 Å². The number of phenols is 1. The molecule has 0 radical (unpaired) electrons. The Hall–Kier alpha value is -2.70. The number of hydrogen-bond donors (Lipinski definition) is 3. The van der Waals surface area contributed by atoms with Crippen LogP contribution in [-0.2, 0) is 9.59 Å². The summed E-state index contributed by atoms with van der Waals surface area (Å²) in [6.07, 6.45) is 2.08. The molecule has 1 atom stereocenters. The number of aromatic hydroxyl groups is 1. The molecule has 3 N–H and O–H groups in total. The molecule has 21 heavy (non-hydrogen) atoms. The van der Waals surface area contributed by atoms with Crippen LogP contribution in [0.5, 0.6) is 5.75 Å². The van der Waals surface area contributed by atoms with Crippen LogP contribution in [0.25, 0.3) is 0 Å². The van der Waals surface area contributed by atoms with E-state index in [0.29, 0.717) is 12.1 Å². The normalized spacial score (nSPS) is 17.7. The van der Waals surface area contributed by atoms with E-state index in [-0.39, 0.29) is 29.9 Å². The maximum absolute atomic E-state index is 11.6. The Morgan fingerprint density at radius 3 is 2.81 bits per heavy atom. The first-order valence-corrected chi connectivity index (χ1v) is 6.51. The number of rotatable bonds is 5. The molecule has 7 nitrogen and oxygen atoms in total. The van der Waals surface area contributed by atoms with E-state index in [9.17, 15) is 9.59 Å². The van der Waals surface area contributed by atoms with Gasteiger partial charge >= 0.3 is 0 Å². The summed E-state index contributed by atoms with van der Waals surface area (Å²) >= 11 is 0. The smallest absolute Gasteiger partial charge is 0.248 e. The van der Waals surface area contributed by atoms with Crippen LogP contribution in [0.3, 0.4) is 0 Å². The van der Waals surface area contributed by atoms with Gasteiger partial charge in [0.25, 0.3) is 0 Å². The van der Waals surface area contributed by atoms with Crippen molar-refractivity contribution < 1.29 is 14.7 Å². The fourth-order valence-electron chi connectivity index (χ4n) is 1.90. The van der Waals surface area contributed by atoms with E-state index < -0.39 is 0 Å². The predicted molar refractivity (Wildman–Crippen MR) is 77.8 cm³/mol. The zero-order valence-corrected chi connectivity index (χ0v) is 11.5. The molecule has 7 heteroatoms. The lowest BCUT2D eigenvalue weighted by Crippen LogP contribution is -2.25. The highest BCUT2D eigenvalue weighted by molar-refractivity contribution is 6.07. The van der Waals surface area contributed by atoms with Gasteiger partial charge in [0.05, 0.1) is 12.1 Å². The second-order valence-electron chi connectivity index (χ2n) is 4.71. The second kappa shape index (κ2) is 6.65. The minimum atomic E-state index is -0.336. The molecule has 0 aromatic heterocycles. The van der Waals surface area contributed by atoms with E-state index in [1.807, 2.05) is 0 Å². The average molecular weight is 288 g/mol. The summed E-state index contributed by atoms with van der Waals surface area (Å²) in [7, 11) is 0. The van der Waals surface area contributed by atoms with Crippen LogP contribution >= 0.6 is 0 Å². The van der Waals surface area contributed by atoms with Crippen molar-refractivity contribution in [2.24, 2.45) is 16.1 Å². The van der Waals surface area contributed by atoms with Gasteiger partial charge in [0.1, 0.15) is 5.75 Å². The molecule has 0 saturated carbocycles. The Morgan fingerprint density at radius 1 is 1.48 bits per heavy atom. The summed E-state index contributed by atoms with van der Waals surface area (Å²) in [4.78, 5) is 23.0. The fourth-order valence-corrected chi connectivity index (χ4v) is 1.90. The van der Waals surface area contributed by atoms with E-state index >= 15 is 0 Å².